The Balaban J connectivity index is 1.79. The number of carboxylic acids is 1. The molecular formula is C19H18N2O2S. The number of thioether (sulfide) groups is 1. The Hall–Kier alpha value is -2.32. The van der Waals surface area contributed by atoms with E-state index in [1.54, 1.807) is 36.5 Å². The van der Waals surface area contributed by atoms with Crippen LogP contribution in [0.1, 0.15) is 43.2 Å². The van der Waals surface area contributed by atoms with Crippen LogP contribution in [0.15, 0.2) is 47.9 Å². The van der Waals surface area contributed by atoms with E-state index in [4.69, 9.17) is 5.11 Å². The lowest BCUT2D eigenvalue weighted by Crippen LogP contribution is -2.33. The summed E-state index contributed by atoms with van der Waals surface area (Å²) in [4.78, 5) is 20.2. The zero-order valence-electron chi connectivity index (χ0n) is 13.2. The third kappa shape index (κ3) is 4.15. The van der Waals surface area contributed by atoms with Crippen molar-refractivity contribution in [2.24, 2.45) is 0 Å². The number of nitrogens with zero attached hydrogens (tertiary/aromatic N) is 2. The first-order valence-corrected chi connectivity index (χ1v) is 8.75. The summed E-state index contributed by atoms with van der Waals surface area (Å²) in [6.45, 7) is 0. The lowest BCUT2D eigenvalue weighted by molar-refractivity contribution is -0.137. The van der Waals surface area contributed by atoms with Gasteiger partial charge in [0.2, 0.25) is 0 Å². The summed E-state index contributed by atoms with van der Waals surface area (Å²) >= 11 is 1.76. The highest BCUT2D eigenvalue weighted by Gasteiger charge is 2.38. The van der Waals surface area contributed by atoms with Gasteiger partial charge in [-0.25, -0.2) is 0 Å². The molecule has 4 nitrogen and oxygen atoms in total. The zero-order valence-corrected chi connectivity index (χ0v) is 14.1. The molecular weight excluding hydrogens is 320 g/mol. The number of rotatable bonds is 5. The highest BCUT2D eigenvalue weighted by molar-refractivity contribution is 8.00. The van der Waals surface area contributed by atoms with Crippen molar-refractivity contribution in [2.45, 2.75) is 41.7 Å². The van der Waals surface area contributed by atoms with Crippen LogP contribution in [0.2, 0.25) is 0 Å². The standard InChI is InChI=1S/C19H18N2O2S/c22-18(23)4-10-19(8-1-9-19)24-17-7-13-21-14-16(17)3-2-15-5-11-20-12-6-15/h5-7,11-14H,1,4,8-10H2,(H,22,23). The predicted molar refractivity (Wildman–Crippen MR) is 93.8 cm³/mol. The van der Waals surface area contributed by atoms with Crippen molar-refractivity contribution in [1.82, 2.24) is 9.97 Å². The van der Waals surface area contributed by atoms with Crippen LogP contribution in [-0.2, 0) is 4.79 Å². The highest BCUT2D eigenvalue weighted by Crippen LogP contribution is 2.51. The van der Waals surface area contributed by atoms with Crippen molar-refractivity contribution in [3.05, 3.63) is 54.1 Å². The minimum Gasteiger partial charge on any atom is -0.481 e. The normalized spacial score (nSPS) is 15.0. The van der Waals surface area contributed by atoms with Gasteiger partial charge < -0.3 is 5.11 Å². The van der Waals surface area contributed by atoms with Crippen molar-refractivity contribution in [3.8, 4) is 11.8 Å². The summed E-state index contributed by atoms with van der Waals surface area (Å²) in [7, 11) is 0. The van der Waals surface area contributed by atoms with Gasteiger partial charge in [-0.15, -0.1) is 11.8 Å². The van der Waals surface area contributed by atoms with Gasteiger partial charge in [-0.2, -0.15) is 0 Å². The lowest BCUT2D eigenvalue weighted by atomic mass is 9.81. The van der Waals surface area contributed by atoms with Crippen LogP contribution >= 0.6 is 11.8 Å². The Morgan fingerprint density at radius 2 is 1.92 bits per heavy atom. The number of carbonyl (C=O) groups is 1. The van der Waals surface area contributed by atoms with Gasteiger partial charge in [-0.05, 0) is 37.5 Å². The number of hydrogen-bond acceptors (Lipinski definition) is 4. The molecule has 1 saturated carbocycles. The van der Waals surface area contributed by atoms with E-state index in [1.807, 2.05) is 18.2 Å². The van der Waals surface area contributed by atoms with Crippen LogP contribution in [0.4, 0.5) is 0 Å². The second kappa shape index (κ2) is 7.50. The molecule has 2 heterocycles. The average molecular weight is 338 g/mol. The molecule has 2 aromatic heterocycles. The van der Waals surface area contributed by atoms with Gasteiger partial charge in [0.05, 0.1) is 5.56 Å². The second-order valence-electron chi connectivity index (χ2n) is 5.89. The molecule has 0 radical (unpaired) electrons. The van der Waals surface area contributed by atoms with E-state index >= 15 is 0 Å². The van der Waals surface area contributed by atoms with E-state index in [2.05, 4.69) is 21.8 Å². The number of carboxylic acid groups (broad SMARTS) is 1. The van der Waals surface area contributed by atoms with E-state index in [-0.39, 0.29) is 11.2 Å². The van der Waals surface area contributed by atoms with Crippen molar-refractivity contribution in [3.63, 3.8) is 0 Å². The number of aliphatic carboxylic acids is 1. The van der Waals surface area contributed by atoms with Gasteiger partial charge in [0, 0.05) is 46.4 Å². The smallest absolute Gasteiger partial charge is 0.303 e. The molecule has 1 aliphatic rings. The molecule has 3 rings (SSSR count). The van der Waals surface area contributed by atoms with Gasteiger partial charge in [0.25, 0.3) is 0 Å². The van der Waals surface area contributed by atoms with E-state index in [0.29, 0.717) is 6.42 Å². The first kappa shape index (κ1) is 16.5. The molecule has 2 aromatic rings. The summed E-state index contributed by atoms with van der Waals surface area (Å²) < 4.78 is 0.0346. The number of pyridine rings is 2. The molecule has 0 atom stereocenters. The molecule has 0 bridgehead atoms. The largest absolute Gasteiger partial charge is 0.481 e. The Kier molecular flexibility index (Phi) is 5.17. The van der Waals surface area contributed by atoms with Crippen LogP contribution in [0.25, 0.3) is 0 Å². The maximum atomic E-state index is 10.9. The van der Waals surface area contributed by atoms with E-state index in [1.165, 1.54) is 0 Å². The maximum absolute atomic E-state index is 10.9. The monoisotopic (exact) mass is 338 g/mol. The molecule has 0 spiro atoms. The molecule has 1 aliphatic carbocycles. The van der Waals surface area contributed by atoms with Crippen molar-refractivity contribution in [2.75, 3.05) is 0 Å². The topological polar surface area (TPSA) is 63.1 Å². The Bertz CT molecular complexity index is 777. The van der Waals surface area contributed by atoms with Crippen LogP contribution in [0.3, 0.4) is 0 Å². The third-order valence-electron chi connectivity index (χ3n) is 4.19. The molecule has 0 aliphatic heterocycles. The molecule has 0 amide bonds. The fourth-order valence-electron chi connectivity index (χ4n) is 2.68. The van der Waals surface area contributed by atoms with Crippen molar-refractivity contribution in [1.29, 1.82) is 0 Å². The SMILES string of the molecule is O=C(O)CCC1(Sc2ccncc2C#Cc2ccncc2)CCC1. The quantitative estimate of drug-likeness (QED) is 0.841. The molecule has 1 N–H and O–H groups in total. The molecule has 122 valence electrons. The Morgan fingerprint density at radius 1 is 1.17 bits per heavy atom. The van der Waals surface area contributed by atoms with Crippen LogP contribution in [0, 0.1) is 11.8 Å². The van der Waals surface area contributed by atoms with Gasteiger partial charge in [-0.1, -0.05) is 18.3 Å². The van der Waals surface area contributed by atoms with Crippen LogP contribution in [0.5, 0.6) is 0 Å². The van der Waals surface area contributed by atoms with Gasteiger partial charge >= 0.3 is 5.97 Å². The summed E-state index contributed by atoms with van der Waals surface area (Å²) in [5.74, 6) is 5.60. The van der Waals surface area contributed by atoms with Crippen LogP contribution in [-0.4, -0.2) is 25.8 Å². The highest BCUT2D eigenvalue weighted by atomic mass is 32.2. The van der Waals surface area contributed by atoms with Gasteiger partial charge in [0.15, 0.2) is 0 Å². The molecule has 0 unspecified atom stereocenters. The predicted octanol–water partition coefficient (Wildman–Crippen LogP) is 3.76. The summed E-state index contributed by atoms with van der Waals surface area (Å²) in [6, 6.07) is 5.72. The van der Waals surface area contributed by atoms with Gasteiger partial charge in [0.1, 0.15) is 0 Å². The van der Waals surface area contributed by atoms with E-state index in [0.717, 1.165) is 35.3 Å². The van der Waals surface area contributed by atoms with E-state index < -0.39 is 5.97 Å². The first-order chi connectivity index (χ1) is 11.7. The number of aromatic nitrogens is 2. The van der Waals surface area contributed by atoms with Crippen molar-refractivity contribution >= 4 is 17.7 Å². The minimum atomic E-state index is -0.727. The fourth-order valence-corrected chi connectivity index (χ4v) is 4.19. The summed E-state index contributed by atoms with van der Waals surface area (Å²) in [5, 5.41) is 8.98. The molecule has 5 heteroatoms. The van der Waals surface area contributed by atoms with E-state index in [9.17, 15) is 4.79 Å². The molecule has 1 fully saturated rings. The second-order valence-corrected chi connectivity index (χ2v) is 7.40. The molecule has 0 aromatic carbocycles. The zero-order chi connectivity index (χ0) is 16.8. The Morgan fingerprint density at radius 3 is 2.58 bits per heavy atom. The summed E-state index contributed by atoms with van der Waals surface area (Å²) in [6.07, 6.45) is 11.2. The average Bonchev–Trinajstić information content (AvgIpc) is 2.57. The van der Waals surface area contributed by atoms with Crippen LogP contribution < -0.4 is 0 Å². The third-order valence-corrected chi connectivity index (χ3v) is 5.81. The van der Waals surface area contributed by atoms with Crippen molar-refractivity contribution < 1.29 is 9.90 Å². The summed E-state index contributed by atoms with van der Waals surface area (Å²) in [5.41, 5.74) is 1.80. The lowest BCUT2D eigenvalue weighted by Gasteiger charge is -2.41. The minimum absolute atomic E-state index is 0.0346. The van der Waals surface area contributed by atoms with Gasteiger partial charge in [-0.3, -0.25) is 14.8 Å². The number of hydrogen-bond donors (Lipinski definition) is 1. The Labute approximate surface area is 145 Å². The fraction of sp³-hybridized carbons (Fsp3) is 0.316. The maximum Gasteiger partial charge on any atom is 0.303 e. The first-order valence-electron chi connectivity index (χ1n) is 7.94. The molecule has 0 saturated heterocycles. The molecule has 24 heavy (non-hydrogen) atoms.